The fourth-order valence-corrected chi connectivity index (χ4v) is 1.93. The quantitative estimate of drug-likeness (QED) is 0.750. The highest BCUT2D eigenvalue weighted by molar-refractivity contribution is 7.87. The van der Waals surface area contributed by atoms with E-state index < -0.39 is 10.2 Å². The lowest BCUT2D eigenvalue weighted by Gasteiger charge is -2.12. The minimum absolute atomic E-state index is 0.125. The lowest BCUT2D eigenvalue weighted by molar-refractivity contribution is 0.0954. The van der Waals surface area contributed by atoms with Crippen molar-refractivity contribution in [2.75, 3.05) is 27.2 Å². The molecule has 0 saturated carbocycles. The first-order valence-electron chi connectivity index (χ1n) is 5.54. The van der Waals surface area contributed by atoms with Gasteiger partial charge in [0.15, 0.2) is 0 Å². The molecule has 0 aromatic heterocycles. The molecule has 6 nitrogen and oxygen atoms in total. The van der Waals surface area contributed by atoms with Crippen molar-refractivity contribution in [3.05, 3.63) is 34.9 Å². The van der Waals surface area contributed by atoms with Crippen LogP contribution >= 0.6 is 11.6 Å². The van der Waals surface area contributed by atoms with Gasteiger partial charge in [-0.15, -0.1) is 0 Å². The topological polar surface area (TPSA) is 78.5 Å². The molecule has 0 atom stereocenters. The first kappa shape index (κ1) is 15.9. The third-order valence-corrected chi connectivity index (χ3v) is 4.06. The molecule has 0 unspecified atom stereocenters. The van der Waals surface area contributed by atoms with Gasteiger partial charge in [-0.3, -0.25) is 4.79 Å². The first-order chi connectivity index (χ1) is 8.83. The fourth-order valence-electron chi connectivity index (χ4n) is 1.19. The maximum absolute atomic E-state index is 11.7. The summed E-state index contributed by atoms with van der Waals surface area (Å²) >= 11 is 5.71. The van der Waals surface area contributed by atoms with E-state index in [1.165, 1.54) is 14.1 Å². The van der Waals surface area contributed by atoms with Crippen LogP contribution in [0.5, 0.6) is 0 Å². The Morgan fingerprint density at radius 2 is 1.79 bits per heavy atom. The Bertz CT molecular complexity index is 529. The lowest BCUT2D eigenvalue weighted by atomic mass is 10.2. The van der Waals surface area contributed by atoms with E-state index in [4.69, 9.17) is 11.6 Å². The second kappa shape index (κ2) is 6.85. The van der Waals surface area contributed by atoms with Crippen LogP contribution in [0.1, 0.15) is 10.4 Å². The van der Waals surface area contributed by atoms with Crippen molar-refractivity contribution in [3.8, 4) is 0 Å². The van der Waals surface area contributed by atoms with Gasteiger partial charge in [-0.25, -0.2) is 4.72 Å². The molecule has 0 aliphatic carbocycles. The molecule has 0 radical (unpaired) electrons. The number of nitrogens with zero attached hydrogens (tertiary/aromatic N) is 1. The Hall–Kier alpha value is -1.15. The third-order valence-electron chi connectivity index (χ3n) is 2.28. The summed E-state index contributed by atoms with van der Waals surface area (Å²) in [5, 5.41) is 3.15. The number of halogens is 1. The van der Waals surface area contributed by atoms with Crippen LogP contribution in [0.3, 0.4) is 0 Å². The monoisotopic (exact) mass is 305 g/mol. The molecule has 8 heteroatoms. The molecule has 1 amide bonds. The van der Waals surface area contributed by atoms with E-state index in [1.807, 2.05) is 0 Å². The van der Waals surface area contributed by atoms with Gasteiger partial charge >= 0.3 is 0 Å². The SMILES string of the molecule is CN(C)S(=O)(=O)NCCNC(=O)c1ccc(Cl)cc1. The van der Waals surface area contributed by atoms with Crippen LogP contribution < -0.4 is 10.0 Å². The summed E-state index contributed by atoms with van der Waals surface area (Å²) in [6.07, 6.45) is 0. The number of rotatable bonds is 6. The number of carbonyl (C=O) groups is 1. The number of nitrogens with one attached hydrogen (secondary N) is 2. The summed E-state index contributed by atoms with van der Waals surface area (Å²) in [6.45, 7) is 0.328. The number of amides is 1. The normalized spacial score (nSPS) is 11.6. The molecule has 0 bridgehead atoms. The summed E-state index contributed by atoms with van der Waals surface area (Å²) in [4.78, 5) is 11.7. The van der Waals surface area contributed by atoms with Crippen molar-refractivity contribution in [3.63, 3.8) is 0 Å². The van der Waals surface area contributed by atoms with Gasteiger partial charge in [0.25, 0.3) is 16.1 Å². The molecule has 0 aliphatic heterocycles. The molecule has 2 N–H and O–H groups in total. The molecule has 19 heavy (non-hydrogen) atoms. The number of benzene rings is 1. The molecule has 1 aromatic rings. The zero-order valence-electron chi connectivity index (χ0n) is 10.7. The van der Waals surface area contributed by atoms with E-state index in [1.54, 1.807) is 24.3 Å². The van der Waals surface area contributed by atoms with E-state index in [0.29, 0.717) is 10.6 Å². The Kier molecular flexibility index (Phi) is 5.74. The van der Waals surface area contributed by atoms with Gasteiger partial charge < -0.3 is 5.32 Å². The van der Waals surface area contributed by atoms with E-state index >= 15 is 0 Å². The maximum Gasteiger partial charge on any atom is 0.278 e. The van der Waals surface area contributed by atoms with E-state index in [9.17, 15) is 13.2 Å². The largest absolute Gasteiger partial charge is 0.351 e. The minimum atomic E-state index is -3.45. The Labute approximate surface area is 117 Å². The molecule has 0 fully saturated rings. The van der Waals surface area contributed by atoms with Crippen molar-refractivity contribution in [2.45, 2.75) is 0 Å². The molecule has 1 aromatic carbocycles. The zero-order valence-corrected chi connectivity index (χ0v) is 12.3. The minimum Gasteiger partial charge on any atom is -0.351 e. The van der Waals surface area contributed by atoms with Gasteiger partial charge in [0, 0.05) is 37.8 Å². The van der Waals surface area contributed by atoms with Gasteiger partial charge in [-0.2, -0.15) is 12.7 Å². The van der Waals surface area contributed by atoms with Crippen LogP contribution in [0.15, 0.2) is 24.3 Å². The first-order valence-corrected chi connectivity index (χ1v) is 7.35. The summed E-state index contributed by atoms with van der Waals surface area (Å²) in [7, 11) is -0.601. The Morgan fingerprint density at radius 3 is 2.32 bits per heavy atom. The smallest absolute Gasteiger partial charge is 0.278 e. The molecular weight excluding hydrogens is 290 g/mol. The van der Waals surface area contributed by atoms with Gasteiger partial charge in [0.05, 0.1) is 0 Å². The summed E-state index contributed by atoms with van der Waals surface area (Å²) in [5.74, 6) is -0.277. The second-order valence-corrected chi connectivity index (χ2v) is 6.35. The van der Waals surface area contributed by atoms with Crippen LogP contribution in [0.25, 0.3) is 0 Å². The van der Waals surface area contributed by atoms with Crippen molar-refractivity contribution >= 4 is 27.7 Å². The lowest BCUT2D eigenvalue weighted by Crippen LogP contribution is -2.40. The van der Waals surface area contributed by atoms with Crippen LogP contribution in [0.2, 0.25) is 5.02 Å². The molecular formula is C11H16ClN3O3S. The van der Waals surface area contributed by atoms with Crippen molar-refractivity contribution in [1.82, 2.24) is 14.3 Å². The van der Waals surface area contributed by atoms with Crippen molar-refractivity contribution < 1.29 is 13.2 Å². The molecule has 0 aliphatic rings. The highest BCUT2D eigenvalue weighted by Gasteiger charge is 2.11. The van der Waals surface area contributed by atoms with Crippen molar-refractivity contribution in [2.24, 2.45) is 0 Å². The van der Waals surface area contributed by atoms with Crippen LogP contribution in [-0.4, -0.2) is 45.8 Å². The highest BCUT2D eigenvalue weighted by Crippen LogP contribution is 2.09. The third kappa shape index (κ3) is 5.15. The van der Waals surface area contributed by atoms with Gasteiger partial charge in [0.2, 0.25) is 0 Å². The van der Waals surface area contributed by atoms with E-state index in [2.05, 4.69) is 10.0 Å². The summed E-state index contributed by atoms with van der Waals surface area (Å²) < 4.78 is 26.1. The maximum atomic E-state index is 11.7. The van der Waals surface area contributed by atoms with Crippen molar-refractivity contribution in [1.29, 1.82) is 0 Å². The van der Waals surface area contributed by atoms with Gasteiger partial charge in [0.1, 0.15) is 0 Å². The Balaban J connectivity index is 2.38. The van der Waals surface area contributed by atoms with Crippen LogP contribution in [0, 0.1) is 0 Å². The summed E-state index contributed by atoms with van der Waals surface area (Å²) in [6, 6.07) is 6.43. The Morgan fingerprint density at radius 1 is 1.21 bits per heavy atom. The molecule has 0 saturated heterocycles. The standard InChI is InChI=1S/C11H16ClN3O3S/c1-15(2)19(17,18)14-8-7-13-11(16)9-3-5-10(12)6-4-9/h3-6,14H,7-8H2,1-2H3,(H,13,16). The number of hydrogen-bond donors (Lipinski definition) is 2. The average Bonchev–Trinajstić information content (AvgIpc) is 2.35. The second-order valence-electron chi connectivity index (χ2n) is 3.94. The molecule has 1 rings (SSSR count). The molecule has 0 spiro atoms. The fraction of sp³-hybridized carbons (Fsp3) is 0.364. The van der Waals surface area contributed by atoms with E-state index in [0.717, 1.165) is 4.31 Å². The predicted octanol–water partition coefficient (Wildman–Crippen LogP) is 0.466. The van der Waals surface area contributed by atoms with Crippen LogP contribution in [0.4, 0.5) is 0 Å². The molecule has 106 valence electrons. The highest BCUT2D eigenvalue weighted by atomic mass is 35.5. The van der Waals surface area contributed by atoms with Gasteiger partial charge in [-0.05, 0) is 24.3 Å². The predicted molar refractivity (Wildman–Crippen MR) is 74.4 cm³/mol. The van der Waals surface area contributed by atoms with Crippen LogP contribution in [-0.2, 0) is 10.2 Å². The van der Waals surface area contributed by atoms with Gasteiger partial charge in [-0.1, -0.05) is 11.6 Å². The number of hydrogen-bond acceptors (Lipinski definition) is 3. The molecule has 0 heterocycles. The number of carbonyl (C=O) groups excluding carboxylic acids is 1. The summed E-state index contributed by atoms with van der Waals surface area (Å²) in [5.41, 5.74) is 0.472. The van der Waals surface area contributed by atoms with E-state index in [-0.39, 0.29) is 19.0 Å². The average molecular weight is 306 g/mol. The zero-order chi connectivity index (χ0) is 14.5.